The number of hydrogen-bond acceptors (Lipinski definition) is 4. The van der Waals surface area contributed by atoms with Crippen molar-refractivity contribution in [1.29, 1.82) is 0 Å². The fourth-order valence-electron chi connectivity index (χ4n) is 3.35. The van der Waals surface area contributed by atoms with Gasteiger partial charge < -0.3 is 15.0 Å². The number of likely N-dealkylation sites (N-methyl/N-ethyl adjacent to an activating group) is 1. The Morgan fingerprint density at radius 3 is 2.44 bits per heavy atom. The highest BCUT2D eigenvalue weighted by Crippen LogP contribution is 2.24. The van der Waals surface area contributed by atoms with Gasteiger partial charge in [-0.2, -0.15) is 0 Å². The van der Waals surface area contributed by atoms with E-state index in [1.165, 1.54) is 0 Å². The number of hydrogen-bond donors (Lipinski definition) is 2. The Hall–Kier alpha value is -2.08. The van der Waals surface area contributed by atoms with E-state index in [1.54, 1.807) is 0 Å². The van der Waals surface area contributed by atoms with Crippen LogP contribution in [0.3, 0.4) is 0 Å². The lowest BCUT2D eigenvalue weighted by Gasteiger charge is -2.42. The monoisotopic (exact) mass is 375 g/mol. The summed E-state index contributed by atoms with van der Waals surface area (Å²) in [4.78, 5) is 27.0. The number of nitrogens with one attached hydrogen (secondary N) is 2. The molecule has 1 aliphatic heterocycles. The zero-order valence-electron chi connectivity index (χ0n) is 17.3. The molecule has 0 spiro atoms. The Kier molecular flexibility index (Phi) is 6.87. The minimum absolute atomic E-state index is 0.107. The average molecular weight is 376 g/mol. The van der Waals surface area contributed by atoms with Crippen LogP contribution in [0.25, 0.3) is 0 Å². The third-order valence-corrected chi connectivity index (χ3v) is 4.67. The summed E-state index contributed by atoms with van der Waals surface area (Å²) in [5.41, 5.74) is 0.408. The van der Waals surface area contributed by atoms with E-state index in [0.29, 0.717) is 13.1 Å². The first-order valence-corrected chi connectivity index (χ1v) is 9.71. The molecule has 2 N–H and O–H groups in total. The van der Waals surface area contributed by atoms with Gasteiger partial charge in [0.1, 0.15) is 5.60 Å². The summed E-state index contributed by atoms with van der Waals surface area (Å²) in [5.74, 6) is 0.278. The molecule has 1 heterocycles. The van der Waals surface area contributed by atoms with E-state index in [9.17, 15) is 9.59 Å². The van der Waals surface area contributed by atoms with Crippen molar-refractivity contribution in [2.24, 2.45) is 5.92 Å². The average Bonchev–Trinajstić information content (AvgIpc) is 2.59. The van der Waals surface area contributed by atoms with Crippen LogP contribution < -0.4 is 10.6 Å². The summed E-state index contributed by atoms with van der Waals surface area (Å²) in [6, 6.07) is 9.14. The zero-order valence-corrected chi connectivity index (χ0v) is 17.3. The van der Waals surface area contributed by atoms with Crippen molar-refractivity contribution in [3.63, 3.8) is 0 Å². The smallest absolute Gasteiger partial charge is 0.408 e. The molecule has 0 saturated carbocycles. The number of alkyl carbamates (subject to hydrolysis) is 1. The van der Waals surface area contributed by atoms with Crippen molar-refractivity contribution in [2.75, 3.05) is 13.1 Å². The Bertz CT molecular complexity index is 640. The molecule has 3 atom stereocenters. The van der Waals surface area contributed by atoms with Crippen LogP contribution >= 0.6 is 0 Å². The number of benzene rings is 1. The van der Waals surface area contributed by atoms with Crippen molar-refractivity contribution in [3.05, 3.63) is 35.9 Å². The highest BCUT2D eigenvalue weighted by atomic mass is 16.6. The second-order valence-electron chi connectivity index (χ2n) is 8.41. The van der Waals surface area contributed by atoms with Crippen LogP contribution in [0.15, 0.2) is 30.3 Å². The Balaban J connectivity index is 2.29. The normalized spacial score (nSPS) is 21.9. The van der Waals surface area contributed by atoms with Crippen LogP contribution in [0, 0.1) is 5.92 Å². The van der Waals surface area contributed by atoms with Gasteiger partial charge in [0.15, 0.2) is 0 Å². The van der Waals surface area contributed by atoms with E-state index < -0.39 is 11.7 Å². The van der Waals surface area contributed by atoms with Gasteiger partial charge in [-0.05, 0) is 39.2 Å². The number of piperazine rings is 1. The summed E-state index contributed by atoms with van der Waals surface area (Å²) in [5, 5.41) is 6.49. The van der Waals surface area contributed by atoms with E-state index in [-0.39, 0.29) is 30.0 Å². The molecule has 0 aliphatic carbocycles. The minimum Gasteiger partial charge on any atom is -0.444 e. The molecule has 2 rings (SSSR count). The summed E-state index contributed by atoms with van der Waals surface area (Å²) >= 11 is 0. The molecule has 150 valence electrons. The Morgan fingerprint density at radius 2 is 1.93 bits per heavy atom. The van der Waals surface area contributed by atoms with Gasteiger partial charge >= 0.3 is 6.09 Å². The molecular formula is C21H33N3O3. The van der Waals surface area contributed by atoms with Crippen molar-refractivity contribution in [1.82, 2.24) is 15.5 Å². The SMILES string of the molecule is CCN1C[C@H]([C@@H](NC(=O)OC(C)(C)C)c2ccccc2)N[C@@H](C(C)C)C1=O. The van der Waals surface area contributed by atoms with Crippen LogP contribution in [0.1, 0.15) is 53.1 Å². The predicted molar refractivity (Wildman–Crippen MR) is 106 cm³/mol. The third-order valence-electron chi connectivity index (χ3n) is 4.67. The first kappa shape index (κ1) is 21.2. The van der Waals surface area contributed by atoms with Crippen LogP contribution in [0.5, 0.6) is 0 Å². The molecule has 1 saturated heterocycles. The number of carbonyl (C=O) groups is 2. The van der Waals surface area contributed by atoms with E-state index in [1.807, 2.05) is 76.8 Å². The van der Waals surface area contributed by atoms with E-state index in [0.717, 1.165) is 5.56 Å². The van der Waals surface area contributed by atoms with Gasteiger partial charge in [-0.3, -0.25) is 10.1 Å². The van der Waals surface area contributed by atoms with Gasteiger partial charge in [0.2, 0.25) is 5.91 Å². The van der Waals surface area contributed by atoms with Crippen molar-refractivity contribution in [3.8, 4) is 0 Å². The minimum atomic E-state index is -0.572. The highest BCUT2D eigenvalue weighted by molar-refractivity contribution is 5.83. The van der Waals surface area contributed by atoms with Crippen LogP contribution in [0.2, 0.25) is 0 Å². The van der Waals surface area contributed by atoms with E-state index in [2.05, 4.69) is 10.6 Å². The molecular weight excluding hydrogens is 342 g/mol. The summed E-state index contributed by atoms with van der Waals surface area (Å²) in [7, 11) is 0. The zero-order chi connectivity index (χ0) is 20.2. The Morgan fingerprint density at radius 1 is 1.30 bits per heavy atom. The first-order valence-electron chi connectivity index (χ1n) is 9.71. The van der Waals surface area contributed by atoms with Crippen molar-refractivity contribution >= 4 is 12.0 Å². The van der Waals surface area contributed by atoms with Gasteiger partial charge in [-0.15, -0.1) is 0 Å². The second-order valence-corrected chi connectivity index (χ2v) is 8.41. The molecule has 0 unspecified atom stereocenters. The van der Waals surface area contributed by atoms with Gasteiger partial charge in [0.25, 0.3) is 0 Å². The van der Waals surface area contributed by atoms with Crippen molar-refractivity contribution < 1.29 is 14.3 Å². The topological polar surface area (TPSA) is 70.7 Å². The van der Waals surface area contributed by atoms with E-state index >= 15 is 0 Å². The lowest BCUT2D eigenvalue weighted by molar-refractivity contribution is -0.138. The number of rotatable bonds is 5. The lowest BCUT2D eigenvalue weighted by Crippen LogP contribution is -2.64. The largest absolute Gasteiger partial charge is 0.444 e. The molecule has 1 aliphatic rings. The molecule has 27 heavy (non-hydrogen) atoms. The number of nitrogens with zero attached hydrogens (tertiary/aromatic N) is 1. The number of carbonyl (C=O) groups excluding carboxylic acids is 2. The quantitative estimate of drug-likeness (QED) is 0.830. The molecule has 0 radical (unpaired) electrons. The van der Waals surface area contributed by atoms with Crippen LogP contribution in [-0.4, -0.2) is 47.7 Å². The first-order chi connectivity index (χ1) is 12.6. The molecule has 6 heteroatoms. The standard InChI is InChI=1S/C21H33N3O3/c1-7-24-13-16(22-17(14(2)3)19(24)25)18(15-11-9-8-10-12-15)23-20(26)27-21(4,5)6/h8-12,14,16-18,22H,7,13H2,1-6H3,(H,23,26)/t16-,17+,18+/m1/s1. The molecule has 1 fully saturated rings. The molecule has 1 aromatic rings. The second kappa shape index (κ2) is 8.74. The fourth-order valence-corrected chi connectivity index (χ4v) is 3.35. The third kappa shape index (κ3) is 5.70. The van der Waals surface area contributed by atoms with Gasteiger partial charge in [-0.25, -0.2) is 4.79 Å². The maximum Gasteiger partial charge on any atom is 0.408 e. The van der Waals surface area contributed by atoms with Gasteiger partial charge in [0.05, 0.1) is 12.1 Å². The lowest BCUT2D eigenvalue weighted by atomic mass is 9.92. The summed E-state index contributed by atoms with van der Waals surface area (Å²) in [6.07, 6.45) is -0.459. The highest BCUT2D eigenvalue weighted by Gasteiger charge is 2.39. The Labute approximate surface area is 162 Å². The number of amides is 2. The number of ether oxygens (including phenoxy) is 1. The van der Waals surface area contributed by atoms with Crippen LogP contribution in [0.4, 0.5) is 4.79 Å². The molecule has 2 amide bonds. The predicted octanol–water partition coefficient (Wildman–Crippen LogP) is 3.10. The molecule has 1 aromatic carbocycles. The molecule has 0 aromatic heterocycles. The van der Waals surface area contributed by atoms with Crippen LogP contribution in [-0.2, 0) is 9.53 Å². The van der Waals surface area contributed by atoms with Gasteiger partial charge in [0, 0.05) is 19.1 Å². The van der Waals surface area contributed by atoms with Gasteiger partial charge in [-0.1, -0.05) is 44.2 Å². The van der Waals surface area contributed by atoms with Crippen molar-refractivity contribution in [2.45, 2.75) is 65.3 Å². The van der Waals surface area contributed by atoms with E-state index in [4.69, 9.17) is 4.74 Å². The maximum atomic E-state index is 12.7. The fraction of sp³-hybridized carbons (Fsp3) is 0.619. The summed E-state index contributed by atoms with van der Waals surface area (Å²) < 4.78 is 5.47. The maximum absolute atomic E-state index is 12.7. The molecule has 6 nitrogen and oxygen atoms in total. The summed E-state index contributed by atoms with van der Waals surface area (Å²) in [6.45, 7) is 12.8. The molecule has 0 bridgehead atoms.